The Hall–Kier alpha value is -2.54. The van der Waals surface area contributed by atoms with Crippen molar-refractivity contribution in [3.63, 3.8) is 0 Å². The summed E-state index contributed by atoms with van der Waals surface area (Å²) in [7, 11) is 0. The molecule has 2 aromatic heterocycles. The molecule has 0 aliphatic carbocycles. The number of carbonyl (C=O) groups is 1. The third-order valence-electron chi connectivity index (χ3n) is 3.36. The minimum Gasteiger partial charge on any atom is -0.316 e. The fourth-order valence-electron chi connectivity index (χ4n) is 2.02. The SMILES string of the molecule is Cc1ccc(C(=O)Nc2cnc3sc(C(C)C)nn3c2=O)cc1. The Morgan fingerprint density at radius 3 is 2.61 bits per heavy atom. The lowest BCUT2D eigenvalue weighted by Gasteiger charge is -2.04. The van der Waals surface area contributed by atoms with Crippen molar-refractivity contribution in [1.29, 1.82) is 0 Å². The molecular formula is C16H16N4O2S. The van der Waals surface area contributed by atoms with E-state index in [2.05, 4.69) is 15.4 Å². The largest absolute Gasteiger partial charge is 0.316 e. The first-order valence-corrected chi connectivity index (χ1v) is 8.04. The number of fused-ring (bicyclic) bond motifs is 1. The molecule has 23 heavy (non-hydrogen) atoms. The van der Waals surface area contributed by atoms with Gasteiger partial charge in [0.2, 0.25) is 4.96 Å². The van der Waals surface area contributed by atoms with Gasteiger partial charge in [0.1, 0.15) is 10.7 Å². The highest BCUT2D eigenvalue weighted by Gasteiger charge is 2.14. The Balaban J connectivity index is 1.94. The molecule has 1 aromatic carbocycles. The zero-order chi connectivity index (χ0) is 16.6. The fraction of sp³-hybridized carbons (Fsp3) is 0.250. The van der Waals surface area contributed by atoms with E-state index in [1.165, 1.54) is 22.0 Å². The Bertz CT molecular complexity index is 925. The predicted octanol–water partition coefficient (Wildman–Crippen LogP) is 2.84. The molecule has 1 amide bonds. The molecule has 0 radical (unpaired) electrons. The van der Waals surface area contributed by atoms with Crippen molar-refractivity contribution < 1.29 is 4.79 Å². The van der Waals surface area contributed by atoms with Crippen molar-refractivity contribution in [2.24, 2.45) is 0 Å². The number of hydrogen-bond acceptors (Lipinski definition) is 5. The highest BCUT2D eigenvalue weighted by Crippen LogP contribution is 2.20. The first-order valence-electron chi connectivity index (χ1n) is 7.22. The minimum absolute atomic E-state index is 0.119. The van der Waals surface area contributed by atoms with Gasteiger partial charge in [0.15, 0.2) is 0 Å². The summed E-state index contributed by atoms with van der Waals surface area (Å²) in [4.78, 5) is 29.4. The Morgan fingerprint density at radius 1 is 1.26 bits per heavy atom. The molecule has 1 N–H and O–H groups in total. The second-order valence-corrected chi connectivity index (χ2v) is 6.57. The monoisotopic (exact) mass is 328 g/mol. The highest BCUT2D eigenvalue weighted by molar-refractivity contribution is 7.16. The molecule has 0 spiro atoms. The molecule has 2 heterocycles. The summed E-state index contributed by atoms with van der Waals surface area (Å²) in [5, 5.41) is 7.71. The van der Waals surface area contributed by atoms with Crippen molar-refractivity contribution >= 4 is 27.9 Å². The van der Waals surface area contributed by atoms with Crippen molar-refractivity contribution in [2.75, 3.05) is 5.32 Å². The topological polar surface area (TPSA) is 76.4 Å². The summed E-state index contributed by atoms with van der Waals surface area (Å²) < 4.78 is 1.24. The molecule has 0 fully saturated rings. The molecule has 7 heteroatoms. The standard InChI is InChI=1S/C16H16N4O2S/c1-9(2)14-19-20-15(22)12(8-17-16(20)23-14)18-13(21)11-6-4-10(3)5-7-11/h4-9H,1-3H3,(H,18,21). The average Bonchev–Trinajstić information content (AvgIpc) is 2.96. The number of carbonyl (C=O) groups excluding carboxylic acids is 1. The van der Waals surface area contributed by atoms with Crippen LogP contribution in [0.4, 0.5) is 5.69 Å². The van der Waals surface area contributed by atoms with Gasteiger partial charge in [0.05, 0.1) is 6.20 Å². The summed E-state index contributed by atoms with van der Waals surface area (Å²) in [6.07, 6.45) is 1.38. The maximum absolute atomic E-state index is 12.4. The van der Waals surface area contributed by atoms with Crippen molar-refractivity contribution in [3.05, 3.63) is 57.0 Å². The lowest BCUT2D eigenvalue weighted by Crippen LogP contribution is -2.23. The van der Waals surface area contributed by atoms with Gasteiger partial charge in [-0.25, -0.2) is 4.98 Å². The maximum atomic E-state index is 12.4. The maximum Gasteiger partial charge on any atom is 0.298 e. The zero-order valence-corrected chi connectivity index (χ0v) is 13.8. The minimum atomic E-state index is -0.376. The van der Waals surface area contributed by atoms with Gasteiger partial charge >= 0.3 is 0 Å². The number of nitrogens with zero attached hydrogens (tertiary/aromatic N) is 3. The number of hydrogen-bond donors (Lipinski definition) is 1. The molecule has 0 saturated heterocycles. The van der Waals surface area contributed by atoms with Crippen LogP contribution < -0.4 is 10.9 Å². The van der Waals surface area contributed by atoms with E-state index in [-0.39, 0.29) is 23.1 Å². The van der Waals surface area contributed by atoms with E-state index in [1.54, 1.807) is 12.1 Å². The second kappa shape index (κ2) is 5.92. The van der Waals surface area contributed by atoms with Gasteiger partial charge in [-0.2, -0.15) is 9.61 Å². The Kier molecular flexibility index (Phi) is 3.96. The summed E-state index contributed by atoms with van der Waals surface area (Å²) in [6.45, 7) is 5.95. The predicted molar refractivity (Wildman–Crippen MR) is 90.4 cm³/mol. The summed E-state index contributed by atoms with van der Waals surface area (Å²) in [5.41, 5.74) is 1.29. The van der Waals surface area contributed by atoms with E-state index in [9.17, 15) is 9.59 Å². The van der Waals surface area contributed by atoms with Crippen molar-refractivity contribution in [1.82, 2.24) is 14.6 Å². The second-order valence-electron chi connectivity index (χ2n) is 5.59. The number of anilines is 1. The molecule has 3 rings (SSSR count). The Labute approximate surface area is 136 Å². The van der Waals surface area contributed by atoms with E-state index < -0.39 is 0 Å². The molecule has 6 nitrogen and oxygen atoms in total. The van der Waals surface area contributed by atoms with Crippen LogP contribution in [0.15, 0.2) is 35.3 Å². The highest BCUT2D eigenvalue weighted by atomic mass is 32.1. The quantitative estimate of drug-likeness (QED) is 0.802. The molecule has 0 aliphatic heterocycles. The third kappa shape index (κ3) is 3.00. The molecule has 0 bridgehead atoms. The van der Waals surface area contributed by atoms with E-state index in [1.807, 2.05) is 32.9 Å². The first kappa shape index (κ1) is 15.4. The average molecular weight is 328 g/mol. The number of nitrogens with one attached hydrogen (secondary N) is 1. The fourth-order valence-corrected chi connectivity index (χ4v) is 2.88. The van der Waals surface area contributed by atoms with E-state index in [0.717, 1.165) is 10.6 Å². The van der Waals surface area contributed by atoms with Crippen LogP contribution in [0.5, 0.6) is 0 Å². The number of aryl methyl sites for hydroxylation is 1. The number of benzene rings is 1. The van der Waals surface area contributed by atoms with Gasteiger partial charge in [-0.3, -0.25) is 9.59 Å². The number of amides is 1. The van der Waals surface area contributed by atoms with Crippen molar-refractivity contribution in [3.8, 4) is 0 Å². The lowest BCUT2D eigenvalue weighted by molar-refractivity contribution is 0.102. The van der Waals surface area contributed by atoms with Crippen molar-refractivity contribution in [2.45, 2.75) is 26.7 Å². The van der Waals surface area contributed by atoms with Gasteiger partial charge in [0, 0.05) is 11.5 Å². The summed E-state index contributed by atoms with van der Waals surface area (Å²) in [6, 6.07) is 7.12. The molecular weight excluding hydrogens is 312 g/mol. The van der Waals surface area contributed by atoms with E-state index in [0.29, 0.717) is 10.5 Å². The third-order valence-corrected chi connectivity index (χ3v) is 4.58. The van der Waals surface area contributed by atoms with Crippen LogP contribution in [0, 0.1) is 6.92 Å². The van der Waals surface area contributed by atoms with Gasteiger partial charge in [-0.05, 0) is 19.1 Å². The van der Waals surface area contributed by atoms with Crippen LogP contribution in [0.25, 0.3) is 4.96 Å². The summed E-state index contributed by atoms with van der Waals surface area (Å²) in [5.74, 6) is -0.130. The number of rotatable bonds is 3. The van der Waals surface area contributed by atoms with Gasteiger partial charge in [-0.1, -0.05) is 42.9 Å². The molecule has 0 atom stereocenters. The first-order chi connectivity index (χ1) is 11.0. The van der Waals surface area contributed by atoms with Gasteiger partial charge in [-0.15, -0.1) is 0 Å². The van der Waals surface area contributed by atoms with Crippen LogP contribution >= 0.6 is 11.3 Å². The van der Waals surface area contributed by atoms with Crippen LogP contribution in [-0.2, 0) is 0 Å². The lowest BCUT2D eigenvalue weighted by atomic mass is 10.1. The molecule has 0 aliphatic rings. The molecule has 0 saturated carbocycles. The van der Waals surface area contributed by atoms with Gasteiger partial charge in [0.25, 0.3) is 11.5 Å². The van der Waals surface area contributed by atoms with Gasteiger partial charge < -0.3 is 5.32 Å². The molecule has 0 unspecified atom stereocenters. The van der Waals surface area contributed by atoms with Crippen LogP contribution in [0.3, 0.4) is 0 Å². The molecule has 3 aromatic rings. The molecule has 118 valence electrons. The van der Waals surface area contributed by atoms with E-state index >= 15 is 0 Å². The number of aromatic nitrogens is 3. The van der Waals surface area contributed by atoms with Crippen LogP contribution in [0.2, 0.25) is 0 Å². The smallest absolute Gasteiger partial charge is 0.298 e. The van der Waals surface area contributed by atoms with E-state index in [4.69, 9.17) is 0 Å². The summed E-state index contributed by atoms with van der Waals surface area (Å²) >= 11 is 1.37. The zero-order valence-electron chi connectivity index (χ0n) is 13.0. The van der Waals surface area contributed by atoms with Crippen LogP contribution in [-0.4, -0.2) is 20.5 Å². The van der Waals surface area contributed by atoms with Crippen LogP contribution in [0.1, 0.15) is 40.7 Å². The normalized spacial score (nSPS) is 11.1. The Morgan fingerprint density at radius 2 is 1.96 bits per heavy atom.